The molecule has 0 aliphatic carbocycles. The average Bonchev–Trinajstić information content (AvgIpc) is 3.37. The third-order valence-electron chi connectivity index (χ3n) is 6.78. The van der Waals surface area contributed by atoms with Crippen molar-refractivity contribution in [3.05, 3.63) is 36.7 Å². The van der Waals surface area contributed by atoms with Crippen LogP contribution >= 0.6 is 11.3 Å². The number of anilines is 1. The van der Waals surface area contributed by atoms with Gasteiger partial charge in [-0.25, -0.2) is 0 Å². The Morgan fingerprint density at radius 3 is 2.83 bits per heavy atom. The van der Waals surface area contributed by atoms with Crippen molar-refractivity contribution in [2.24, 2.45) is 11.3 Å². The molecule has 1 fully saturated rings. The van der Waals surface area contributed by atoms with Gasteiger partial charge in [-0.2, -0.15) is 5.10 Å². The Labute approximate surface area is 175 Å². The first-order chi connectivity index (χ1) is 13.8. The Morgan fingerprint density at radius 1 is 1.24 bits per heavy atom. The molecule has 3 heterocycles. The molecule has 8 heteroatoms. The number of hydrogen-bond acceptors (Lipinski definition) is 7. The molecular formula is C21H28N6OS. The predicted molar refractivity (Wildman–Crippen MR) is 116 cm³/mol. The molecule has 1 saturated heterocycles. The second kappa shape index (κ2) is 7.42. The fourth-order valence-electron chi connectivity index (χ4n) is 3.96. The smallest absolute Gasteiger partial charge is 0.301 e. The van der Waals surface area contributed by atoms with Gasteiger partial charge in [-0.05, 0) is 55.3 Å². The molecule has 2 unspecified atom stereocenters. The fraction of sp³-hybridized carbons (Fsp3) is 0.476. The van der Waals surface area contributed by atoms with Crippen molar-refractivity contribution in [1.29, 1.82) is 0 Å². The van der Waals surface area contributed by atoms with Gasteiger partial charge in [0.2, 0.25) is 5.13 Å². The number of piperidine rings is 1. The molecule has 7 nitrogen and oxygen atoms in total. The molecule has 2 N–H and O–H groups in total. The van der Waals surface area contributed by atoms with Crippen molar-refractivity contribution in [1.82, 2.24) is 25.3 Å². The van der Waals surface area contributed by atoms with Crippen LogP contribution in [0.5, 0.6) is 10.9 Å². The average molecular weight is 413 g/mol. The van der Waals surface area contributed by atoms with Gasteiger partial charge in [0.05, 0.1) is 11.9 Å². The second-order valence-corrected chi connectivity index (χ2v) is 9.46. The number of benzene rings is 1. The van der Waals surface area contributed by atoms with Gasteiger partial charge >= 0.3 is 5.19 Å². The SMILES string of the molecule is CC1CCN(C)C(C)(Nc2nnc(Oc3cccc(-c4cn[nH]c4)c3)s2)C1(C)C. The van der Waals surface area contributed by atoms with E-state index in [4.69, 9.17) is 4.74 Å². The first kappa shape index (κ1) is 19.8. The summed E-state index contributed by atoms with van der Waals surface area (Å²) in [4.78, 5) is 2.38. The maximum atomic E-state index is 5.98. The number of ether oxygens (including phenoxy) is 1. The zero-order valence-electron chi connectivity index (χ0n) is 17.6. The quantitative estimate of drug-likeness (QED) is 0.624. The number of H-pyrrole nitrogens is 1. The lowest BCUT2D eigenvalue weighted by molar-refractivity contribution is -0.0444. The van der Waals surface area contributed by atoms with E-state index >= 15 is 0 Å². The third-order valence-corrected chi connectivity index (χ3v) is 7.49. The Hall–Kier alpha value is -2.45. The molecule has 3 aromatic rings. The van der Waals surface area contributed by atoms with E-state index in [0.29, 0.717) is 11.1 Å². The van der Waals surface area contributed by atoms with Gasteiger partial charge in [0.25, 0.3) is 0 Å². The minimum absolute atomic E-state index is 0.0750. The van der Waals surface area contributed by atoms with Gasteiger partial charge in [-0.15, -0.1) is 5.10 Å². The van der Waals surface area contributed by atoms with Crippen molar-refractivity contribution in [3.63, 3.8) is 0 Å². The van der Waals surface area contributed by atoms with Crippen molar-refractivity contribution in [2.75, 3.05) is 18.9 Å². The number of likely N-dealkylation sites (tertiary alicyclic amines) is 1. The highest BCUT2D eigenvalue weighted by Gasteiger charge is 2.50. The van der Waals surface area contributed by atoms with E-state index in [1.54, 1.807) is 6.20 Å². The molecule has 29 heavy (non-hydrogen) atoms. The first-order valence-electron chi connectivity index (χ1n) is 9.89. The summed E-state index contributed by atoms with van der Waals surface area (Å²) in [5.74, 6) is 1.33. The van der Waals surface area contributed by atoms with Crippen LogP contribution in [0.15, 0.2) is 36.7 Å². The first-order valence-corrected chi connectivity index (χ1v) is 10.7. The highest BCUT2D eigenvalue weighted by Crippen LogP contribution is 2.47. The Balaban J connectivity index is 1.51. The summed E-state index contributed by atoms with van der Waals surface area (Å²) in [5.41, 5.74) is 1.90. The maximum Gasteiger partial charge on any atom is 0.301 e. The van der Waals surface area contributed by atoms with Crippen LogP contribution in [0.3, 0.4) is 0 Å². The molecular weight excluding hydrogens is 384 g/mol. The monoisotopic (exact) mass is 412 g/mol. The molecule has 2 aromatic heterocycles. The van der Waals surface area contributed by atoms with Crippen molar-refractivity contribution in [3.8, 4) is 22.1 Å². The summed E-state index contributed by atoms with van der Waals surface area (Å²) >= 11 is 1.43. The Bertz CT molecular complexity index is 969. The van der Waals surface area contributed by atoms with Gasteiger partial charge in [0, 0.05) is 23.7 Å². The molecule has 0 amide bonds. The number of rotatable bonds is 5. The highest BCUT2D eigenvalue weighted by atomic mass is 32.1. The van der Waals surface area contributed by atoms with Gasteiger partial charge in [-0.3, -0.25) is 10.00 Å². The lowest BCUT2D eigenvalue weighted by Crippen LogP contribution is -2.65. The molecule has 0 spiro atoms. The molecule has 1 aromatic carbocycles. The minimum Gasteiger partial charge on any atom is -0.430 e. The lowest BCUT2D eigenvalue weighted by Gasteiger charge is -2.57. The second-order valence-electron chi connectivity index (χ2n) is 8.52. The third kappa shape index (κ3) is 3.62. The van der Waals surface area contributed by atoms with Crippen molar-refractivity contribution < 1.29 is 4.74 Å². The molecule has 1 aliphatic heterocycles. The van der Waals surface area contributed by atoms with E-state index < -0.39 is 0 Å². The van der Waals surface area contributed by atoms with Crippen LogP contribution in [0.25, 0.3) is 11.1 Å². The summed E-state index contributed by atoms with van der Waals surface area (Å²) in [7, 11) is 2.17. The van der Waals surface area contributed by atoms with E-state index in [2.05, 4.69) is 65.4 Å². The van der Waals surface area contributed by atoms with Crippen LogP contribution in [-0.4, -0.2) is 44.5 Å². The maximum absolute atomic E-state index is 5.98. The zero-order valence-corrected chi connectivity index (χ0v) is 18.4. The van der Waals surface area contributed by atoms with Crippen LogP contribution in [0.4, 0.5) is 5.13 Å². The van der Waals surface area contributed by atoms with E-state index in [-0.39, 0.29) is 11.1 Å². The van der Waals surface area contributed by atoms with E-state index in [1.165, 1.54) is 17.8 Å². The summed E-state index contributed by atoms with van der Waals surface area (Å²) in [6.45, 7) is 10.3. The van der Waals surface area contributed by atoms with Gasteiger partial charge in [-0.1, -0.05) is 38.0 Å². The van der Waals surface area contributed by atoms with E-state index in [9.17, 15) is 0 Å². The molecule has 2 atom stereocenters. The van der Waals surface area contributed by atoms with Crippen molar-refractivity contribution in [2.45, 2.75) is 39.8 Å². The highest BCUT2D eigenvalue weighted by molar-refractivity contribution is 7.16. The molecule has 4 rings (SSSR count). The van der Waals surface area contributed by atoms with Gasteiger partial charge < -0.3 is 10.1 Å². The van der Waals surface area contributed by atoms with Crippen molar-refractivity contribution >= 4 is 16.5 Å². The molecule has 0 saturated carbocycles. The zero-order chi connectivity index (χ0) is 20.6. The van der Waals surface area contributed by atoms with E-state index in [1.807, 2.05) is 30.5 Å². The van der Waals surface area contributed by atoms with Gasteiger partial charge in [0.15, 0.2) is 0 Å². The summed E-state index contributed by atoms with van der Waals surface area (Å²) < 4.78 is 5.98. The molecule has 0 radical (unpaired) electrons. The fourth-order valence-corrected chi connectivity index (χ4v) is 4.67. The van der Waals surface area contributed by atoms with Crippen LogP contribution in [0.1, 0.15) is 34.1 Å². The normalized spacial score (nSPS) is 24.4. The number of hydrogen-bond donors (Lipinski definition) is 2. The summed E-state index contributed by atoms with van der Waals surface area (Å²) in [6, 6.07) is 7.87. The molecule has 1 aliphatic rings. The lowest BCUT2D eigenvalue weighted by atomic mass is 9.66. The molecule has 0 bridgehead atoms. The summed E-state index contributed by atoms with van der Waals surface area (Å²) in [6.07, 6.45) is 4.84. The number of aromatic nitrogens is 4. The van der Waals surface area contributed by atoms with Crippen LogP contribution in [-0.2, 0) is 0 Å². The Kier molecular flexibility index (Phi) is 5.08. The molecule has 154 valence electrons. The van der Waals surface area contributed by atoms with Crippen LogP contribution < -0.4 is 10.1 Å². The van der Waals surface area contributed by atoms with Crippen LogP contribution in [0.2, 0.25) is 0 Å². The topological polar surface area (TPSA) is 79.0 Å². The van der Waals surface area contributed by atoms with Crippen LogP contribution in [0, 0.1) is 11.3 Å². The number of aromatic amines is 1. The van der Waals surface area contributed by atoms with E-state index in [0.717, 1.165) is 28.6 Å². The minimum atomic E-state index is -0.220. The predicted octanol–water partition coefficient (Wildman–Crippen LogP) is 4.85. The summed E-state index contributed by atoms with van der Waals surface area (Å²) in [5, 5.41) is 20.3. The largest absolute Gasteiger partial charge is 0.430 e. The standard InChI is InChI=1S/C21H28N6OS/c1-14-9-10-27(5)21(4,20(14,2)3)24-18-25-26-19(29-18)28-17-8-6-7-15(11-17)16-12-22-23-13-16/h6-8,11-14H,9-10H2,1-5H3,(H,22,23)(H,24,25). The number of nitrogens with zero attached hydrogens (tertiary/aromatic N) is 4. The number of nitrogens with one attached hydrogen (secondary N) is 2. The Morgan fingerprint density at radius 2 is 2.07 bits per heavy atom. The van der Waals surface area contributed by atoms with Gasteiger partial charge in [0.1, 0.15) is 5.75 Å².